The summed E-state index contributed by atoms with van der Waals surface area (Å²) in [6, 6.07) is 0. The van der Waals surface area contributed by atoms with Crippen LogP contribution < -0.4 is 5.59 Å². The van der Waals surface area contributed by atoms with Crippen LogP contribution in [-0.2, 0) is 6.54 Å². The average molecular weight is 198 g/mol. The molecule has 0 unspecified atom stereocenters. The Morgan fingerprint density at radius 2 is 2.00 bits per heavy atom. The van der Waals surface area contributed by atoms with Crippen molar-refractivity contribution in [1.82, 2.24) is 15.0 Å². The summed E-state index contributed by atoms with van der Waals surface area (Å²) in [5.41, 5.74) is -1.07. The Kier molecular flexibility index (Phi) is 2.32. The molecule has 1 rings (SSSR count). The van der Waals surface area contributed by atoms with E-state index in [1.165, 1.54) is 0 Å². The summed E-state index contributed by atoms with van der Waals surface area (Å²) in [6.07, 6.45) is 0. The molecule has 0 amide bonds. The molecule has 1 aromatic rings. The first-order valence-electron chi connectivity index (χ1n) is 3.25. The minimum atomic E-state index is -5.14. The zero-order valence-electron chi connectivity index (χ0n) is 6.14. The first-order chi connectivity index (χ1) is 5.45. The van der Waals surface area contributed by atoms with Gasteiger partial charge in [0.05, 0.1) is 6.54 Å². The summed E-state index contributed by atoms with van der Waals surface area (Å²) in [5.74, 6) is 0. The van der Waals surface area contributed by atoms with Crippen LogP contribution in [-0.4, -0.2) is 22.0 Å². The fraction of sp³-hybridized carbons (Fsp3) is 0.500. The van der Waals surface area contributed by atoms with E-state index in [0.717, 1.165) is 4.80 Å². The van der Waals surface area contributed by atoms with Crippen molar-refractivity contribution in [2.45, 2.75) is 13.5 Å². The first kappa shape index (κ1) is 9.37. The van der Waals surface area contributed by atoms with Crippen molar-refractivity contribution in [3.63, 3.8) is 0 Å². The van der Waals surface area contributed by atoms with Gasteiger partial charge in [-0.2, -0.15) is 9.90 Å². The molecule has 0 radical (unpaired) electrons. The summed E-state index contributed by atoms with van der Waals surface area (Å²) in [5, 5.41) is 5.96. The number of nitrogens with zero attached hydrogens (tertiary/aromatic N) is 3. The molecule has 3 nitrogen and oxygen atoms in total. The molecule has 0 aliphatic rings. The normalized spacial score (nSPS) is 12.1. The van der Waals surface area contributed by atoms with Gasteiger partial charge in [0.2, 0.25) is 0 Å². The smallest absolute Gasteiger partial charge is 0.444 e. The molecule has 1 heterocycles. The molecule has 0 saturated heterocycles. The molecule has 0 aliphatic carbocycles. The molecule has 0 spiro atoms. The quantitative estimate of drug-likeness (QED) is 0.664. The summed E-state index contributed by atoms with van der Waals surface area (Å²) < 4.78 is 36.2. The Bertz CT molecular complexity index is 284. The van der Waals surface area contributed by atoms with Crippen LogP contribution in [0.3, 0.4) is 0 Å². The van der Waals surface area contributed by atoms with Crippen LogP contribution in [0.4, 0.5) is 12.9 Å². The van der Waals surface area contributed by atoms with Gasteiger partial charge in [-0.25, -0.2) is 0 Å². The van der Waals surface area contributed by atoms with Crippen LogP contribution in [0.5, 0.6) is 0 Å². The third-order valence-electron chi connectivity index (χ3n) is 1.23. The van der Waals surface area contributed by atoms with Crippen molar-refractivity contribution < 1.29 is 12.9 Å². The average Bonchev–Trinajstić information content (AvgIpc) is 2.29. The van der Waals surface area contributed by atoms with Crippen LogP contribution >= 0.6 is 11.6 Å². The lowest BCUT2D eigenvalue weighted by Crippen LogP contribution is -2.36. The molecular formula is C4H5BClF3N3-. The van der Waals surface area contributed by atoms with Gasteiger partial charge in [0.1, 0.15) is 5.15 Å². The Morgan fingerprint density at radius 1 is 1.42 bits per heavy atom. The van der Waals surface area contributed by atoms with Gasteiger partial charge in [0, 0.05) is 5.59 Å². The van der Waals surface area contributed by atoms with Gasteiger partial charge < -0.3 is 12.9 Å². The molecule has 8 heteroatoms. The van der Waals surface area contributed by atoms with E-state index in [1.807, 2.05) is 0 Å². The standard InChI is InChI=1S/C4H5BClF3N3/c1-2-12-10-3(4(6)11-12)5(7,8)9/h2H2,1H3/q-1. The predicted octanol–water partition coefficient (Wildman–Crippen LogP) is 1.01. The van der Waals surface area contributed by atoms with Crippen molar-refractivity contribution >= 4 is 24.2 Å². The molecule has 12 heavy (non-hydrogen) atoms. The van der Waals surface area contributed by atoms with Crippen LogP contribution in [0, 0.1) is 0 Å². The lowest BCUT2D eigenvalue weighted by molar-refractivity contribution is 0.494. The van der Waals surface area contributed by atoms with E-state index < -0.39 is 17.7 Å². The summed E-state index contributed by atoms with van der Waals surface area (Å²) in [4.78, 5) is 0.910. The molecule has 0 atom stereocenters. The van der Waals surface area contributed by atoms with Crippen LogP contribution in [0.1, 0.15) is 6.92 Å². The van der Waals surface area contributed by atoms with E-state index in [0.29, 0.717) is 0 Å². The number of hydrogen-bond acceptors (Lipinski definition) is 2. The van der Waals surface area contributed by atoms with Crippen molar-refractivity contribution in [2.24, 2.45) is 0 Å². The second-order valence-electron chi connectivity index (χ2n) is 2.14. The van der Waals surface area contributed by atoms with E-state index in [9.17, 15) is 12.9 Å². The second-order valence-corrected chi connectivity index (χ2v) is 2.50. The summed E-state index contributed by atoms with van der Waals surface area (Å²) in [6.45, 7) is -3.24. The van der Waals surface area contributed by atoms with E-state index in [1.54, 1.807) is 6.92 Å². The minimum Gasteiger partial charge on any atom is -0.444 e. The lowest BCUT2D eigenvalue weighted by atomic mass is 9.87. The number of aromatic nitrogens is 3. The van der Waals surface area contributed by atoms with Crippen molar-refractivity contribution in [1.29, 1.82) is 0 Å². The van der Waals surface area contributed by atoms with Gasteiger partial charge in [-0.1, -0.05) is 11.6 Å². The maximum absolute atomic E-state index is 12.1. The van der Waals surface area contributed by atoms with Gasteiger partial charge in [-0.3, -0.25) is 0 Å². The Balaban J connectivity index is 3.08. The van der Waals surface area contributed by atoms with Gasteiger partial charge in [0.25, 0.3) is 0 Å². The highest BCUT2D eigenvalue weighted by Gasteiger charge is 2.32. The van der Waals surface area contributed by atoms with Crippen molar-refractivity contribution in [3.8, 4) is 0 Å². The van der Waals surface area contributed by atoms with E-state index >= 15 is 0 Å². The molecule has 0 aliphatic heterocycles. The lowest BCUT2D eigenvalue weighted by Gasteiger charge is -2.09. The van der Waals surface area contributed by atoms with Gasteiger partial charge in [-0.15, -0.1) is 5.10 Å². The summed E-state index contributed by atoms with van der Waals surface area (Å²) in [7, 11) is 0. The Hall–Kier alpha value is -0.715. The number of hydrogen-bond donors (Lipinski definition) is 0. The highest BCUT2D eigenvalue weighted by atomic mass is 35.5. The minimum absolute atomic E-state index is 0.270. The first-order valence-corrected chi connectivity index (χ1v) is 3.63. The molecule has 0 fully saturated rings. The highest BCUT2D eigenvalue weighted by molar-refractivity contribution is 6.74. The SMILES string of the molecule is CCn1nc(Cl)c([B-](F)(F)F)n1. The van der Waals surface area contributed by atoms with Crippen LogP contribution in [0.15, 0.2) is 0 Å². The topological polar surface area (TPSA) is 30.7 Å². The van der Waals surface area contributed by atoms with Gasteiger partial charge in [0.15, 0.2) is 0 Å². The maximum atomic E-state index is 12.1. The largest absolute Gasteiger partial charge is 0.532 e. The third-order valence-corrected chi connectivity index (χ3v) is 1.50. The van der Waals surface area contributed by atoms with Crippen molar-refractivity contribution in [3.05, 3.63) is 5.15 Å². The number of aryl methyl sites for hydroxylation is 1. The van der Waals surface area contributed by atoms with Crippen LogP contribution in [0.25, 0.3) is 0 Å². The third kappa shape index (κ3) is 1.71. The molecule has 0 aromatic carbocycles. The fourth-order valence-corrected chi connectivity index (χ4v) is 0.931. The maximum Gasteiger partial charge on any atom is 0.532 e. The zero-order chi connectivity index (χ0) is 9.35. The molecule has 0 saturated carbocycles. The van der Waals surface area contributed by atoms with Crippen molar-refractivity contribution in [2.75, 3.05) is 0 Å². The molecule has 1 aromatic heterocycles. The zero-order valence-corrected chi connectivity index (χ0v) is 6.89. The monoisotopic (exact) mass is 198 g/mol. The number of halogens is 4. The molecular weight excluding hydrogens is 193 g/mol. The van der Waals surface area contributed by atoms with E-state index in [4.69, 9.17) is 11.6 Å². The molecule has 0 N–H and O–H groups in total. The van der Waals surface area contributed by atoms with E-state index in [-0.39, 0.29) is 6.54 Å². The molecule has 68 valence electrons. The van der Waals surface area contributed by atoms with Crippen LogP contribution in [0.2, 0.25) is 5.15 Å². The Morgan fingerprint density at radius 3 is 2.25 bits per heavy atom. The fourth-order valence-electron chi connectivity index (χ4n) is 0.682. The summed E-state index contributed by atoms with van der Waals surface area (Å²) >= 11 is 5.21. The predicted molar refractivity (Wildman–Crippen MR) is 39.4 cm³/mol. The highest BCUT2D eigenvalue weighted by Crippen LogP contribution is 2.12. The Labute approximate surface area is 71.6 Å². The van der Waals surface area contributed by atoms with Gasteiger partial charge in [-0.05, 0) is 6.92 Å². The van der Waals surface area contributed by atoms with Gasteiger partial charge >= 0.3 is 6.98 Å². The second kappa shape index (κ2) is 2.97. The number of rotatable bonds is 2. The molecule has 0 bridgehead atoms. The van der Waals surface area contributed by atoms with E-state index in [2.05, 4.69) is 10.2 Å².